The lowest BCUT2D eigenvalue weighted by Gasteiger charge is -2.34. The molecule has 0 aromatic carbocycles. The molecular weight excluding hydrogens is 447 g/mol. The normalized spacial score (nSPS) is 16.0. The average molecular weight is 466 g/mol. The number of rotatable bonds is 4. The van der Waals surface area contributed by atoms with Gasteiger partial charge in [0.05, 0.1) is 12.3 Å². The molecule has 4 rings (SSSR count). The summed E-state index contributed by atoms with van der Waals surface area (Å²) in [5, 5.41) is 12.5. The van der Waals surface area contributed by atoms with Crippen molar-refractivity contribution in [1.29, 1.82) is 5.26 Å². The highest BCUT2D eigenvalue weighted by atomic mass is 127. The van der Waals surface area contributed by atoms with Crippen LogP contribution in [0.5, 0.6) is 0 Å². The van der Waals surface area contributed by atoms with E-state index in [9.17, 15) is 0 Å². The fourth-order valence-corrected chi connectivity index (χ4v) is 4.97. The van der Waals surface area contributed by atoms with Crippen molar-refractivity contribution >= 4 is 52.4 Å². The molecule has 4 heterocycles. The lowest BCUT2D eigenvalue weighted by molar-refractivity contribution is 0.368. The van der Waals surface area contributed by atoms with Crippen LogP contribution >= 0.6 is 30.3 Å². The Morgan fingerprint density at radius 1 is 1.40 bits per heavy atom. The van der Waals surface area contributed by atoms with Crippen LogP contribution in [0.25, 0.3) is 22.1 Å². The standard InChI is InChI=1S/C17H19IN6S/c1-2-15-21-14-11-20-17-13(6-10-23(17)25-18)16(14)24(15)22-8-4-12(3-7-19)5-9-22/h6,10-12H,2-5,8-9H2,1H3. The number of halogens is 1. The third-order valence-corrected chi connectivity index (χ3v) is 6.70. The van der Waals surface area contributed by atoms with Gasteiger partial charge in [-0.2, -0.15) is 5.26 Å². The van der Waals surface area contributed by atoms with E-state index in [1.54, 1.807) is 9.12 Å². The molecule has 0 N–H and O–H groups in total. The lowest BCUT2D eigenvalue weighted by Crippen LogP contribution is -2.42. The van der Waals surface area contributed by atoms with Gasteiger partial charge < -0.3 is 5.01 Å². The Hall–Kier alpha value is -1.47. The summed E-state index contributed by atoms with van der Waals surface area (Å²) in [6, 6.07) is 4.46. The summed E-state index contributed by atoms with van der Waals surface area (Å²) >= 11 is 2.28. The maximum Gasteiger partial charge on any atom is 0.152 e. The Morgan fingerprint density at radius 3 is 2.88 bits per heavy atom. The van der Waals surface area contributed by atoms with Gasteiger partial charge in [0.15, 0.2) is 5.65 Å². The van der Waals surface area contributed by atoms with E-state index in [0.29, 0.717) is 12.3 Å². The second kappa shape index (κ2) is 7.03. The van der Waals surface area contributed by atoms with Gasteiger partial charge in [0, 0.05) is 67.8 Å². The van der Waals surface area contributed by atoms with E-state index in [4.69, 9.17) is 10.2 Å². The van der Waals surface area contributed by atoms with Crippen molar-refractivity contribution in [3.63, 3.8) is 0 Å². The van der Waals surface area contributed by atoms with E-state index in [-0.39, 0.29) is 0 Å². The molecular formula is C17H19IN6S. The summed E-state index contributed by atoms with van der Waals surface area (Å²) in [5.74, 6) is 1.61. The van der Waals surface area contributed by atoms with Gasteiger partial charge in [0.2, 0.25) is 0 Å². The first-order valence-corrected chi connectivity index (χ1v) is 11.9. The minimum Gasteiger partial charge on any atom is -0.311 e. The fraction of sp³-hybridized carbons (Fsp3) is 0.471. The van der Waals surface area contributed by atoms with Crippen molar-refractivity contribution in [2.45, 2.75) is 32.6 Å². The van der Waals surface area contributed by atoms with Crippen molar-refractivity contribution in [3.8, 4) is 6.07 Å². The first kappa shape index (κ1) is 17.0. The summed E-state index contributed by atoms with van der Waals surface area (Å²) < 4.78 is 4.39. The molecule has 1 aliphatic rings. The van der Waals surface area contributed by atoms with Gasteiger partial charge >= 0.3 is 0 Å². The molecule has 25 heavy (non-hydrogen) atoms. The van der Waals surface area contributed by atoms with Crippen LogP contribution in [0.2, 0.25) is 0 Å². The molecule has 6 nitrogen and oxygen atoms in total. The lowest BCUT2D eigenvalue weighted by atomic mass is 9.95. The molecule has 130 valence electrons. The zero-order valence-electron chi connectivity index (χ0n) is 14.0. The highest BCUT2D eigenvalue weighted by Gasteiger charge is 2.24. The number of fused-ring (bicyclic) bond motifs is 3. The number of aromatic nitrogens is 4. The van der Waals surface area contributed by atoms with Gasteiger partial charge in [-0.05, 0) is 24.8 Å². The zero-order valence-corrected chi connectivity index (χ0v) is 17.0. The number of aryl methyl sites for hydroxylation is 1. The van der Waals surface area contributed by atoms with Crippen LogP contribution in [0.4, 0.5) is 0 Å². The van der Waals surface area contributed by atoms with E-state index in [1.165, 1.54) is 0 Å². The van der Waals surface area contributed by atoms with Crippen LogP contribution in [-0.4, -0.2) is 31.7 Å². The quantitative estimate of drug-likeness (QED) is 0.543. The largest absolute Gasteiger partial charge is 0.311 e. The maximum atomic E-state index is 8.95. The van der Waals surface area contributed by atoms with Crippen LogP contribution in [0.15, 0.2) is 18.5 Å². The zero-order chi connectivity index (χ0) is 17.4. The van der Waals surface area contributed by atoms with Gasteiger partial charge in [-0.3, -0.25) is 3.97 Å². The van der Waals surface area contributed by atoms with Crippen molar-refractivity contribution in [3.05, 3.63) is 24.3 Å². The van der Waals surface area contributed by atoms with Gasteiger partial charge in [-0.15, -0.1) is 0 Å². The molecule has 1 fully saturated rings. The van der Waals surface area contributed by atoms with Crippen LogP contribution in [0.3, 0.4) is 0 Å². The predicted molar refractivity (Wildman–Crippen MR) is 110 cm³/mol. The highest BCUT2D eigenvalue weighted by molar-refractivity contribution is 14.2. The molecule has 0 aliphatic carbocycles. The minimum absolute atomic E-state index is 0.527. The first-order chi connectivity index (χ1) is 12.3. The van der Waals surface area contributed by atoms with Crippen LogP contribution in [0.1, 0.15) is 32.0 Å². The fourth-order valence-electron chi connectivity index (χ4n) is 3.70. The molecule has 0 bridgehead atoms. The molecule has 0 atom stereocenters. The van der Waals surface area contributed by atoms with E-state index in [1.807, 2.05) is 6.20 Å². The number of nitriles is 1. The van der Waals surface area contributed by atoms with Gasteiger partial charge in [0.25, 0.3) is 0 Å². The number of nitrogens with zero attached hydrogens (tertiary/aromatic N) is 6. The predicted octanol–water partition coefficient (Wildman–Crippen LogP) is 4.06. The highest BCUT2D eigenvalue weighted by Crippen LogP contribution is 2.31. The van der Waals surface area contributed by atoms with Crippen LogP contribution in [0, 0.1) is 17.2 Å². The second-order valence-corrected chi connectivity index (χ2v) is 8.11. The topological polar surface area (TPSA) is 62.7 Å². The summed E-state index contributed by atoms with van der Waals surface area (Å²) in [6.45, 7) is 4.09. The molecule has 0 saturated carbocycles. The Morgan fingerprint density at radius 2 is 2.20 bits per heavy atom. The molecule has 0 amide bonds. The molecule has 0 spiro atoms. The number of piperidine rings is 1. The van der Waals surface area contributed by atoms with E-state index in [0.717, 1.165) is 60.2 Å². The van der Waals surface area contributed by atoms with E-state index < -0.39 is 0 Å². The first-order valence-electron chi connectivity index (χ1n) is 8.55. The SMILES string of the molecule is CCc1nc2cnc3c(ccn3SI)c2n1N1CCC(CC#N)CC1. The maximum absolute atomic E-state index is 8.95. The van der Waals surface area contributed by atoms with Gasteiger partial charge in [-0.25, -0.2) is 14.6 Å². The number of imidazole rings is 1. The Balaban J connectivity index is 1.82. The molecule has 0 radical (unpaired) electrons. The molecule has 1 aliphatic heterocycles. The average Bonchev–Trinajstić information content (AvgIpc) is 3.23. The van der Waals surface area contributed by atoms with E-state index in [2.05, 4.69) is 65.1 Å². The van der Waals surface area contributed by atoms with Gasteiger partial charge in [-0.1, -0.05) is 6.92 Å². The second-order valence-electron chi connectivity index (χ2n) is 6.39. The van der Waals surface area contributed by atoms with Crippen LogP contribution < -0.4 is 5.01 Å². The van der Waals surface area contributed by atoms with Gasteiger partial charge in [0.1, 0.15) is 16.9 Å². The number of hydrogen-bond acceptors (Lipinski definition) is 5. The third-order valence-electron chi connectivity index (χ3n) is 4.98. The molecule has 8 heteroatoms. The summed E-state index contributed by atoms with van der Waals surface area (Å²) in [6.07, 6.45) is 7.64. The molecule has 3 aromatic heterocycles. The minimum atomic E-state index is 0.527. The summed E-state index contributed by atoms with van der Waals surface area (Å²) in [5.41, 5.74) is 3.10. The molecule has 3 aromatic rings. The summed E-state index contributed by atoms with van der Waals surface area (Å²) in [4.78, 5) is 9.45. The Labute approximate surface area is 162 Å². The van der Waals surface area contributed by atoms with E-state index >= 15 is 0 Å². The van der Waals surface area contributed by atoms with Crippen LogP contribution in [-0.2, 0) is 6.42 Å². The number of hydrogen-bond donors (Lipinski definition) is 0. The Kier molecular flexibility index (Phi) is 4.78. The smallest absolute Gasteiger partial charge is 0.152 e. The Bertz CT molecular complexity index is 947. The monoisotopic (exact) mass is 466 g/mol. The van der Waals surface area contributed by atoms with Crippen molar-refractivity contribution in [1.82, 2.24) is 18.6 Å². The molecule has 0 unspecified atom stereocenters. The van der Waals surface area contributed by atoms with Crippen molar-refractivity contribution in [2.75, 3.05) is 18.1 Å². The summed E-state index contributed by atoms with van der Waals surface area (Å²) in [7, 11) is 1.62. The van der Waals surface area contributed by atoms with Crippen molar-refractivity contribution in [2.24, 2.45) is 5.92 Å². The molecule has 1 saturated heterocycles. The van der Waals surface area contributed by atoms with Crippen molar-refractivity contribution < 1.29 is 0 Å². The third kappa shape index (κ3) is 2.87. The number of pyridine rings is 1.